The average Bonchev–Trinajstić information content (AvgIpc) is 2.99. The number of hydrogen-bond donors (Lipinski definition) is 1. The normalized spacial score (nSPS) is 11.7. The van der Waals surface area contributed by atoms with E-state index in [1.165, 1.54) is 22.5 Å². The summed E-state index contributed by atoms with van der Waals surface area (Å²) in [7, 11) is -3.81. The number of benzene rings is 2. The molecule has 0 unspecified atom stereocenters. The second kappa shape index (κ2) is 5.78. The summed E-state index contributed by atoms with van der Waals surface area (Å²) >= 11 is 0.981. The van der Waals surface area contributed by atoms with Gasteiger partial charge in [0.15, 0.2) is 0 Å². The fraction of sp³-hybridized carbons (Fsp3) is 0.200. The average molecular weight is 349 g/mol. The molecule has 0 saturated carbocycles. The lowest BCUT2D eigenvalue weighted by atomic mass is 10.2. The van der Waals surface area contributed by atoms with E-state index in [0.717, 1.165) is 17.3 Å². The van der Waals surface area contributed by atoms with E-state index in [-0.39, 0.29) is 17.2 Å². The van der Waals surface area contributed by atoms with E-state index < -0.39 is 10.0 Å². The van der Waals surface area contributed by atoms with E-state index in [1.807, 2.05) is 0 Å². The summed E-state index contributed by atoms with van der Waals surface area (Å²) in [5, 5.41) is 9.71. The number of phenols is 1. The van der Waals surface area contributed by atoms with Crippen LogP contribution in [0.3, 0.4) is 0 Å². The van der Waals surface area contributed by atoms with Gasteiger partial charge in [0.1, 0.15) is 21.7 Å². The second-order valence-electron chi connectivity index (χ2n) is 5.03. The van der Waals surface area contributed by atoms with Gasteiger partial charge in [0.05, 0.1) is 17.4 Å². The standard InChI is InChI=1S/C15H15N3O3S2/c1-3-18(13-9-11(19)8-7-10(13)2)23(20,21)14-6-4-5-12-15(14)17-22-16-12/h4-9,19H,3H2,1-2H3. The first kappa shape index (κ1) is 15.7. The Kier molecular flexibility index (Phi) is 3.95. The molecule has 1 N–H and O–H groups in total. The van der Waals surface area contributed by atoms with E-state index in [9.17, 15) is 13.5 Å². The maximum absolute atomic E-state index is 13.1. The molecule has 3 rings (SSSR count). The van der Waals surface area contributed by atoms with E-state index in [0.29, 0.717) is 16.7 Å². The first-order valence-corrected chi connectivity index (χ1v) is 9.16. The van der Waals surface area contributed by atoms with Gasteiger partial charge in [0, 0.05) is 12.6 Å². The van der Waals surface area contributed by atoms with E-state index in [1.54, 1.807) is 32.0 Å². The molecule has 0 radical (unpaired) electrons. The lowest BCUT2D eigenvalue weighted by Crippen LogP contribution is -2.31. The molecule has 120 valence electrons. The zero-order chi connectivity index (χ0) is 16.6. The van der Waals surface area contributed by atoms with E-state index in [4.69, 9.17) is 0 Å². The van der Waals surface area contributed by atoms with Crippen LogP contribution in [0, 0.1) is 6.92 Å². The lowest BCUT2D eigenvalue weighted by Gasteiger charge is -2.24. The van der Waals surface area contributed by atoms with Crippen LogP contribution < -0.4 is 4.31 Å². The Labute approximate surface area is 138 Å². The van der Waals surface area contributed by atoms with Gasteiger partial charge in [-0.15, -0.1) is 0 Å². The molecule has 0 aliphatic carbocycles. The van der Waals surface area contributed by atoms with Crippen LogP contribution >= 0.6 is 11.7 Å². The SMILES string of the molecule is CCN(c1cc(O)ccc1C)S(=O)(=O)c1cccc2nsnc12. The molecule has 1 aromatic heterocycles. The van der Waals surface area contributed by atoms with Crippen LogP contribution in [0.15, 0.2) is 41.3 Å². The van der Waals surface area contributed by atoms with Crippen LogP contribution in [0.25, 0.3) is 11.0 Å². The molecule has 6 nitrogen and oxygen atoms in total. The fourth-order valence-corrected chi connectivity index (χ4v) is 4.73. The Morgan fingerprint density at radius 1 is 1.22 bits per heavy atom. The molecular formula is C15H15N3O3S2. The number of fused-ring (bicyclic) bond motifs is 1. The maximum atomic E-state index is 13.1. The smallest absolute Gasteiger partial charge is 0.266 e. The van der Waals surface area contributed by atoms with Crippen LogP contribution in [0.4, 0.5) is 5.69 Å². The van der Waals surface area contributed by atoms with Crippen molar-refractivity contribution < 1.29 is 13.5 Å². The van der Waals surface area contributed by atoms with Crippen LogP contribution in [0.2, 0.25) is 0 Å². The van der Waals surface area contributed by atoms with Crippen LogP contribution in [-0.2, 0) is 10.0 Å². The molecule has 0 atom stereocenters. The number of phenolic OH excluding ortho intramolecular Hbond substituents is 1. The Hall–Kier alpha value is -2.19. The van der Waals surface area contributed by atoms with Crippen molar-refractivity contribution in [2.75, 3.05) is 10.8 Å². The number of nitrogens with zero attached hydrogens (tertiary/aromatic N) is 3. The monoisotopic (exact) mass is 349 g/mol. The maximum Gasteiger partial charge on any atom is 0.266 e. The van der Waals surface area contributed by atoms with Crippen molar-refractivity contribution in [2.45, 2.75) is 18.7 Å². The molecule has 0 aliphatic rings. The Balaban J connectivity index is 2.21. The molecule has 0 saturated heterocycles. The highest BCUT2D eigenvalue weighted by molar-refractivity contribution is 7.93. The summed E-state index contributed by atoms with van der Waals surface area (Å²) in [6.07, 6.45) is 0. The summed E-state index contributed by atoms with van der Waals surface area (Å²) in [5.74, 6) is 0.0211. The highest BCUT2D eigenvalue weighted by Gasteiger charge is 2.28. The Morgan fingerprint density at radius 2 is 2.00 bits per heavy atom. The number of hydrogen-bond acceptors (Lipinski definition) is 6. The van der Waals surface area contributed by atoms with E-state index in [2.05, 4.69) is 8.75 Å². The van der Waals surface area contributed by atoms with Gasteiger partial charge in [-0.3, -0.25) is 4.31 Å². The Morgan fingerprint density at radius 3 is 2.74 bits per heavy atom. The van der Waals surface area contributed by atoms with Crippen molar-refractivity contribution >= 4 is 38.5 Å². The minimum absolute atomic E-state index is 0.0211. The van der Waals surface area contributed by atoms with Gasteiger partial charge < -0.3 is 5.11 Å². The summed E-state index contributed by atoms with van der Waals surface area (Å²) in [4.78, 5) is 0.119. The molecular weight excluding hydrogens is 334 g/mol. The zero-order valence-electron chi connectivity index (χ0n) is 12.6. The van der Waals surface area contributed by atoms with Gasteiger partial charge in [0.2, 0.25) is 0 Å². The largest absolute Gasteiger partial charge is 0.508 e. The van der Waals surface area contributed by atoms with Crippen LogP contribution in [0.1, 0.15) is 12.5 Å². The fourth-order valence-electron chi connectivity index (χ4n) is 2.44. The van der Waals surface area contributed by atoms with Crippen LogP contribution in [-0.4, -0.2) is 28.8 Å². The molecule has 0 aliphatic heterocycles. The van der Waals surface area contributed by atoms with Gasteiger partial charge >= 0.3 is 0 Å². The Bertz CT molecular complexity index is 967. The highest BCUT2D eigenvalue weighted by atomic mass is 32.2. The third-order valence-corrected chi connectivity index (χ3v) is 6.03. The molecule has 0 fully saturated rings. The first-order valence-electron chi connectivity index (χ1n) is 6.98. The van der Waals surface area contributed by atoms with Gasteiger partial charge in [-0.2, -0.15) is 8.75 Å². The number of rotatable bonds is 4. The highest BCUT2D eigenvalue weighted by Crippen LogP contribution is 2.31. The predicted octanol–water partition coefficient (Wildman–Crippen LogP) is 2.92. The summed E-state index contributed by atoms with van der Waals surface area (Å²) in [6, 6.07) is 9.58. The quantitative estimate of drug-likeness (QED) is 0.783. The molecule has 8 heteroatoms. The third kappa shape index (κ3) is 2.64. The number of aryl methyl sites for hydroxylation is 1. The molecule has 3 aromatic rings. The minimum atomic E-state index is -3.81. The summed E-state index contributed by atoms with van der Waals surface area (Å²) in [6.45, 7) is 3.79. The van der Waals surface area contributed by atoms with Crippen molar-refractivity contribution in [1.82, 2.24) is 8.75 Å². The summed E-state index contributed by atoms with van der Waals surface area (Å²) < 4.78 is 35.7. The molecule has 0 bridgehead atoms. The zero-order valence-corrected chi connectivity index (χ0v) is 14.2. The number of sulfonamides is 1. The number of aromatic nitrogens is 2. The summed E-state index contributed by atoms with van der Waals surface area (Å²) in [5.41, 5.74) is 2.14. The third-order valence-electron chi connectivity index (χ3n) is 3.57. The van der Waals surface area contributed by atoms with Gasteiger partial charge in [-0.05, 0) is 37.6 Å². The predicted molar refractivity (Wildman–Crippen MR) is 90.5 cm³/mol. The second-order valence-corrected chi connectivity index (χ2v) is 7.39. The van der Waals surface area contributed by atoms with Crippen molar-refractivity contribution in [3.05, 3.63) is 42.0 Å². The number of aromatic hydroxyl groups is 1. The molecule has 1 heterocycles. The van der Waals surface area contributed by atoms with Crippen molar-refractivity contribution in [1.29, 1.82) is 0 Å². The van der Waals surface area contributed by atoms with Gasteiger partial charge in [-0.25, -0.2) is 8.42 Å². The topological polar surface area (TPSA) is 83.4 Å². The molecule has 2 aromatic carbocycles. The van der Waals surface area contributed by atoms with Gasteiger partial charge in [0.25, 0.3) is 10.0 Å². The first-order chi connectivity index (χ1) is 10.9. The van der Waals surface area contributed by atoms with Crippen molar-refractivity contribution in [3.8, 4) is 5.75 Å². The van der Waals surface area contributed by atoms with Crippen LogP contribution in [0.5, 0.6) is 5.75 Å². The molecule has 0 amide bonds. The molecule has 23 heavy (non-hydrogen) atoms. The lowest BCUT2D eigenvalue weighted by molar-refractivity contribution is 0.475. The van der Waals surface area contributed by atoms with E-state index >= 15 is 0 Å². The number of anilines is 1. The van der Waals surface area contributed by atoms with Gasteiger partial charge in [-0.1, -0.05) is 12.1 Å². The van der Waals surface area contributed by atoms with Crippen molar-refractivity contribution in [2.24, 2.45) is 0 Å². The molecule has 0 spiro atoms. The minimum Gasteiger partial charge on any atom is -0.508 e. The van der Waals surface area contributed by atoms with Crippen molar-refractivity contribution in [3.63, 3.8) is 0 Å².